The lowest BCUT2D eigenvalue weighted by Gasteiger charge is -2.26. The number of nitrogens with zero attached hydrogens (tertiary/aromatic N) is 2. The van der Waals surface area contributed by atoms with Gasteiger partial charge in [-0.25, -0.2) is 26.7 Å². The van der Waals surface area contributed by atoms with Crippen molar-refractivity contribution in [3.05, 3.63) is 32.2 Å². The van der Waals surface area contributed by atoms with E-state index in [-0.39, 0.29) is 36.1 Å². The Morgan fingerprint density at radius 3 is 2.44 bits per heavy atom. The predicted molar refractivity (Wildman–Crippen MR) is 107 cm³/mol. The van der Waals surface area contributed by atoms with Crippen LogP contribution in [0.3, 0.4) is 0 Å². The third-order valence-electron chi connectivity index (χ3n) is 6.22. The minimum absolute atomic E-state index is 0.0478. The third kappa shape index (κ3) is 3.74. The summed E-state index contributed by atoms with van der Waals surface area (Å²) in [5, 5.41) is -0.630. The van der Waals surface area contributed by atoms with Crippen molar-refractivity contribution >= 4 is 16.6 Å². The molecule has 1 saturated carbocycles. The Hall–Kier alpha value is -2.63. The Morgan fingerprint density at radius 1 is 1.19 bits per heavy atom. The number of nitrogens with one attached hydrogen (secondary N) is 1. The molecule has 0 spiro atoms. The van der Waals surface area contributed by atoms with Gasteiger partial charge < -0.3 is 15.4 Å². The van der Waals surface area contributed by atoms with Crippen molar-refractivity contribution < 1.29 is 26.7 Å². The van der Waals surface area contributed by atoms with Crippen molar-refractivity contribution in [1.29, 1.82) is 0 Å². The fraction of sp³-hybridized carbons (Fsp3) is 0.600. The van der Waals surface area contributed by atoms with E-state index in [1.807, 2.05) is 4.98 Å². The van der Waals surface area contributed by atoms with Crippen LogP contribution in [0.5, 0.6) is 5.75 Å². The van der Waals surface area contributed by atoms with Gasteiger partial charge in [0.05, 0.1) is 18.1 Å². The van der Waals surface area contributed by atoms with E-state index in [4.69, 9.17) is 10.5 Å². The van der Waals surface area contributed by atoms with E-state index in [1.54, 1.807) is 0 Å². The number of anilines is 1. The van der Waals surface area contributed by atoms with Gasteiger partial charge in [-0.1, -0.05) is 0 Å². The van der Waals surface area contributed by atoms with Gasteiger partial charge >= 0.3 is 5.69 Å². The van der Waals surface area contributed by atoms with Crippen molar-refractivity contribution in [3.8, 4) is 5.75 Å². The van der Waals surface area contributed by atoms with E-state index >= 15 is 4.39 Å². The van der Waals surface area contributed by atoms with E-state index in [0.717, 1.165) is 0 Å². The second-order valence-electron chi connectivity index (χ2n) is 8.28. The first-order valence-electron chi connectivity index (χ1n) is 10.3. The molecule has 4 rings (SSSR count). The third-order valence-corrected chi connectivity index (χ3v) is 6.22. The molecule has 0 amide bonds. The molecule has 0 radical (unpaired) electrons. The van der Waals surface area contributed by atoms with Gasteiger partial charge in [-0.15, -0.1) is 0 Å². The summed E-state index contributed by atoms with van der Waals surface area (Å²) in [7, 11) is 1.19. The Bertz CT molecular complexity index is 1140. The molecule has 3 N–H and O–H groups in total. The average Bonchev–Trinajstić information content (AvgIpc) is 3.41. The number of hydrogen-bond donors (Lipinski definition) is 2. The number of benzene rings is 1. The highest BCUT2D eigenvalue weighted by Crippen LogP contribution is 2.47. The molecule has 2 aromatic rings. The summed E-state index contributed by atoms with van der Waals surface area (Å²) in [6.07, 6.45) is -4.94. The summed E-state index contributed by atoms with van der Waals surface area (Å²) in [4.78, 5) is 28.4. The number of fused-ring (bicyclic) bond motifs is 1. The van der Waals surface area contributed by atoms with Crippen LogP contribution in [0.1, 0.15) is 43.7 Å². The molecule has 32 heavy (non-hydrogen) atoms. The van der Waals surface area contributed by atoms with Crippen LogP contribution in [0.25, 0.3) is 10.9 Å². The summed E-state index contributed by atoms with van der Waals surface area (Å²) in [6.45, 7) is 0.214. The van der Waals surface area contributed by atoms with Crippen LogP contribution >= 0.6 is 0 Å². The molecule has 1 aromatic carbocycles. The molecule has 7 nitrogen and oxygen atoms in total. The SMILES string of the molecule is COc1c(N2CCC(C(N)CC(F)F)C2)c(F)c(C(F)F)c2c(=O)[nH]c(=O)n(C3CC3)c12. The number of nitrogens with two attached hydrogens (primary N) is 1. The van der Waals surface area contributed by atoms with Crippen LogP contribution in [0.4, 0.5) is 27.6 Å². The standard InChI is InChI=1S/C20H23F5N4O3/c1-32-17-15-13(19(30)27-20(31)29(15)9-2-3-9)12(18(24)25)14(23)16(17)28-5-4-8(7-28)10(26)6-11(21)22/h8-11,18H,2-7,26H2,1H3,(H,27,30,31). The van der Waals surface area contributed by atoms with Crippen LogP contribution < -0.4 is 26.6 Å². The fourth-order valence-corrected chi connectivity index (χ4v) is 4.57. The minimum atomic E-state index is -3.34. The first-order valence-corrected chi connectivity index (χ1v) is 10.3. The summed E-state index contributed by atoms with van der Waals surface area (Å²) in [6, 6.07) is -1.18. The molecule has 1 saturated heterocycles. The van der Waals surface area contributed by atoms with Crippen LogP contribution in [0.2, 0.25) is 0 Å². The van der Waals surface area contributed by atoms with Gasteiger partial charge in [0.2, 0.25) is 6.43 Å². The molecular formula is C20H23F5N4O3. The number of alkyl halides is 4. The average molecular weight is 462 g/mol. The summed E-state index contributed by atoms with van der Waals surface area (Å²) < 4.78 is 75.5. The number of rotatable bonds is 7. The maximum Gasteiger partial charge on any atom is 0.329 e. The maximum absolute atomic E-state index is 15.5. The molecule has 1 aliphatic carbocycles. The fourth-order valence-electron chi connectivity index (χ4n) is 4.57. The summed E-state index contributed by atoms with van der Waals surface area (Å²) >= 11 is 0. The van der Waals surface area contributed by atoms with Crippen molar-refractivity contribution in [1.82, 2.24) is 9.55 Å². The molecule has 1 aromatic heterocycles. The lowest BCUT2D eigenvalue weighted by Crippen LogP contribution is -2.35. The number of H-pyrrole nitrogens is 1. The Morgan fingerprint density at radius 2 is 1.88 bits per heavy atom. The number of hydrogen-bond acceptors (Lipinski definition) is 5. The number of methoxy groups -OCH3 is 1. The van der Waals surface area contributed by atoms with E-state index in [0.29, 0.717) is 19.3 Å². The van der Waals surface area contributed by atoms with Crippen molar-refractivity contribution in [2.75, 3.05) is 25.1 Å². The highest BCUT2D eigenvalue weighted by Gasteiger charge is 2.38. The van der Waals surface area contributed by atoms with Gasteiger partial charge in [-0.2, -0.15) is 0 Å². The van der Waals surface area contributed by atoms with Gasteiger partial charge in [0.1, 0.15) is 11.2 Å². The largest absolute Gasteiger partial charge is 0.492 e. The van der Waals surface area contributed by atoms with Crippen molar-refractivity contribution in [2.45, 2.75) is 50.6 Å². The minimum Gasteiger partial charge on any atom is -0.492 e. The zero-order valence-electron chi connectivity index (χ0n) is 17.2. The number of aromatic amines is 1. The highest BCUT2D eigenvalue weighted by molar-refractivity contribution is 5.94. The second-order valence-corrected chi connectivity index (χ2v) is 8.28. The second kappa shape index (κ2) is 8.38. The first kappa shape index (κ1) is 22.6. The molecular weight excluding hydrogens is 439 g/mol. The van der Waals surface area contributed by atoms with Crippen molar-refractivity contribution in [2.24, 2.45) is 11.7 Å². The molecule has 2 aliphatic rings. The molecule has 1 aliphatic heterocycles. The number of aromatic nitrogens is 2. The lowest BCUT2D eigenvalue weighted by molar-refractivity contribution is 0.120. The lowest BCUT2D eigenvalue weighted by atomic mass is 9.97. The molecule has 176 valence electrons. The Labute approximate surface area is 178 Å². The summed E-state index contributed by atoms with van der Waals surface area (Å²) in [5.74, 6) is -1.96. The Balaban J connectivity index is 1.94. The molecule has 12 heteroatoms. The smallest absolute Gasteiger partial charge is 0.329 e. The van der Waals surface area contributed by atoms with Crippen molar-refractivity contribution in [3.63, 3.8) is 0 Å². The Kier molecular flexibility index (Phi) is 5.91. The van der Waals surface area contributed by atoms with Gasteiger partial charge in [-0.05, 0) is 25.2 Å². The van der Waals surface area contributed by atoms with E-state index in [2.05, 4.69) is 0 Å². The van der Waals surface area contributed by atoms with Gasteiger partial charge in [-0.3, -0.25) is 14.3 Å². The zero-order chi connectivity index (χ0) is 23.3. The monoisotopic (exact) mass is 462 g/mol. The predicted octanol–water partition coefficient (Wildman–Crippen LogP) is 2.92. The number of ether oxygens (including phenoxy) is 1. The molecule has 2 atom stereocenters. The van der Waals surface area contributed by atoms with E-state index in [1.165, 1.54) is 16.6 Å². The molecule has 2 heterocycles. The van der Waals surface area contributed by atoms with Gasteiger partial charge in [0.25, 0.3) is 12.0 Å². The van der Waals surface area contributed by atoms with Crippen LogP contribution in [-0.2, 0) is 0 Å². The van der Waals surface area contributed by atoms with Crippen LogP contribution in [-0.4, -0.2) is 42.2 Å². The normalized spacial score (nSPS) is 20.0. The maximum atomic E-state index is 15.5. The molecule has 2 unspecified atom stereocenters. The number of halogens is 5. The summed E-state index contributed by atoms with van der Waals surface area (Å²) in [5.41, 5.74) is 2.33. The van der Waals surface area contributed by atoms with Crippen LogP contribution in [0.15, 0.2) is 9.59 Å². The van der Waals surface area contributed by atoms with Gasteiger partial charge in [0.15, 0.2) is 11.6 Å². The van der Waals surface area contributed by atoms with E-state index < -0.39 is 59.2 Å². The highest BCUT2D eigenvalue weighted by atomic mass is 19.3. The quantitative estimate of drug-likeness (QED) is 0.618. The van der Waals surface area contributed by atoms with Crippen LogP contribution in [0, 0.1) is 11.7 Å². The van der Waals surface area contributed by atoms with E-state index in [9.17, 15) is 27.2 Å². The topological polar surface area (TPSA) is 93.3 Å². The van der Waals surface area contributed by atoms with Gasteiger partial charge in [0, 0.05) is 31.6 Å². The zero-order valence-corrected chi connectivity index (χ0v) is 17.2. The molecule has 2 fully saturated rings. The molecule has 0 bridgehead atoms. The first-order chi connectivity index (χ1) is 15.1.